The first-order valence-electron chi connectivity index (χ1n) is 8.14. The zero-order valence-electron chi connectivity index (χ0n) is 13.5. The van der Waals surface area contributed by atoms with E-state index >= 15 is 0 Å². The van der Waals surface area contributed by atoms with Gasteiger partial charge < -0.3 is 10.1 Å². The van der Waals surface area contributed by atoms with E-state index in [0.717, 1.165) is 31.0 Å². The minimum Gasteiger partial charge on any atom is -0.494 e. The predicted molar refractivity (Wildman–Crippen MR) is 86.2 cm³/mol. The molecule has 2 aromatic rings. The largest absolute Gasteiger partial charge is 0.494 e. The number of ether oxygens (including phenoxy) is 1. The van der Waals surface area contributed by atoms with Crippen LogP contribution in [0, 0.1) is 5.92 Å². The Hall–Kier alpha value is -2.37. The first kappa shape index (κ1) is 15.5. The summed E-state index contributed by atoms with van der Waals surface area (Å²) in [7, 11) is 0. The Morgan fingerprint density at radius 1 is 1.35 bits per heavy atom. The smallest absolute Gasteiger partial charge is 0.251 e. The van der Waals surface area contributed by atoms with E-state index in [9.17, 15) is 4.79 Å². The van der Waals surface area contributed by atoms with Crippen molar-refractivity contribution in [3.8, 4) is 5.75 Å². The lowest BCUT2D eigenvalue weighted by molar-refractivity contribution is 0.0928. The lowest BCUT2D eigenvalue weighted by Crippen LogP contribution is -2.32. The molecule has 1 fully saturated rings. The zero-order valence-corrected chi connectivity index (χ0v) is 13.5. The first-order chi connectivity index (χ1) is 11.2. The Labute approximate surface area is 135 Å². The minimum absolute atomic E-state index is 0.0727. The standard InChI is InChI=1S/C17H22N4O2/c1-3-21-16(18-11-19-21)15(12-5-6-12)20-17(22)13-7-9-14(10-8-13)23-4-2/h7-12,15H,3-6H2,1-2H3,(H,20,22). The van der Waals surface area contributed by atoms with E-state index < -0.39 is 0 Å². The average molecular weight is 314 g/mol. The SMILES string of the molecule is CCOc1ccc(C(=O)NC(c2ncnn2CC)C2CC2)cc1. The monoisotopic (exact) mass is 314 g/mol. The van der Waals surface area contributed by atoms with E-state index in [-0.39, 0.29) is 11.9 Å². The molecule has 1 aromatic carbocycles. The summed E-state index contributed by atoms with van der Waals surface area (Å²) >= 11 is 0. The molecule has 122 valence electrons. The molecule has 0 radical (unpaired) electrons. The summed E-state index contributed by atoms with van der Waals surface area (Å²) in [5.74, 6) is 1.98. The summed E-state index contributed by atoms with van der Waals surface area (Å²) in [6.45, 7) is 5.32. The second-order valence-electron chi connectivity index (χ2n) is 5.68. The summed E-state index contributed by atoms with van der Waals surface area (Å²) < 4.78 is 7.25. The second kappa shape index (κ2) is 6.81. The van der Waals surface area contributed by atoms with E-state index in [0.29, 0.717) is 18.1 Å². The van der Waals surface area contributed by atoms with Gasteiger partial charge in [-0.05, 0) is 56.9 Å². The second-order valence-corrected chi connectivity index (χ2v) is 5.68. The molecule has 0 spiro atoms. The average Bonchev–Trinajstić information content (AvgIpc) is 3.30. The Morgan fingerprint density at radius 3 is 2.70 bits per heavy atom. The minimum atomic E-state index is -0.0874. The van der Waals surface area contributed by atoms with Crippen LogP contribution in [0.5, 0.6) is 5.75 Å². The first-order valence-corrected chi connectivity index (χ1v) is 8.14. The molecule has 1 aromatic heterocycles. The van der Waals surface area contributed by atoms with E-state index in [1.165, 1.54) is 0 Å². The highest BCUT2D eigenvalue weighted by Gasteiger charge is 2.36. The summed E-state index contributed by atoms with van der Waals surface area (Å²) in [6.07, 6.45) is 3.78. The summed E-state index contributed by atoms with van der Waals surface area (Å²) in [5.41, 5.74) is 0.627. The fraction of sp³-hybridized carbons (Fsp3) is 0.471. The molecule has 6 nitrogen and oxygen atoms in total. The Balaban J connectivity index is 1.74. The number of aromatic nitrogens is 3. The maximum atomic E-state index is 12.5. The third kappa shape index (κ3) is 3.52. The van der Waals surface area contributed by atoms with Crippen LogP contribution < -0.4 is 10.1 Å². The third-order valence-electron chi connectivity index (χ3n) is 4.03. The van der Waals surface area contributed by atoms with Gasteiger partial charge in [0.1, 0.15) is 17.9 Å². The van der Waals surface area contributed by atoms with Gasteiger partial charge in [0, 0.05) is 12.1 Å². The van der Waals surface area contributed by atoms with Crippen molar-refractivity contribution >= 4 is 5.91 Å². The van der Waals surface area contributed by atoms with E-state index in [4.69, 9.17) is 4.74 Å². The number of benzene rings is 1. The van der Waals surface area contributed by atoms with Crippen molar-refractivity contribution < 1.29 is 9.53 Å². The molecule has 1 N–H and O–H groups in total. The molecular formula is C17H22N4O2. The molecule has 1 aliphatic carbocycles. The van der Waals surface area contributed by atoms with Crippen LogP contribution >= 0.6 is 0 Å². The highest BCUT2D eigenvalue weighted by molar-refractivity contribution is 5.94. The summed E-state index contributed by atoms with van der Waals surface area (Å²) in [6, 6.07) is 7.14. The normalized spacial score (nSPS) is 15.2. The van der Waals surface area contributed by atoms with Crippen LogP contribution in [-0.2, 0) is 6.54 Å². The van der Waals surface area contributed by atoms with E-state index in [1.54, 1.807) is 18.5 Å². The van der Waals surface area contributed by atoms with Gasteiger partial charge in [0.25, 0.3) is 5.91 Å². The highest BCUT2D eigenvalue weighted by atomic mass is 16.5. The molecule has 23 heavy (non-hydrogen) atoms. The van der Waals surface area contributed by atoms with Crippen molar-refractivity contribution in [2.45, 2.75) is 39.3 Å². The molecule has 0 bridgehead atoms. The van der Waals surface area contributed by atoms with Gasteiger partial charge in [-0.2, -0.15) is 5.10 Å². The van der Waals surface area contributed by atoms with Crippen LogP contribution in [0.4, 0.5) is 0 Å². The number of carbonyl (C=O) groups is 1. The van der Waals surface area contributed by atoms with Gasteiger partial charge >= 0.3 is 0 Å². The maximum absolute atomic E-state index is 12.5. The van der Waals surface area contributed by atoms with E-state index in [1.807, 2.05) is 30.7 Å². The molecule has 0 saturated heterocycles. The predicted octanol–water partition coefficient (Wildman–Crippen LogP) is 2.58. The van der Waals surface area contributed by atoms with Crippen LogP contribution in [0.3, 0.4) is 0 Å². The van der Waals surface area contributed by atoms with Gasteiger partial charge in [0.2, 0.25) is 0 Å². The molecule has 1 atom stereocenters. The number of hydrogen-bond donors (Lipinski definition) is 1. The van der Waals surface area contributed by atoms with Gasteiger partial charge in [-0.25, -0.2) is 9.67 Å². The number of carbonyl (C=O) groups excluding carboxylic acids is 1. The molecule has 1 saturated carbocycles. The van der Waals surface area contributed by atoms with Crippen LogP contribution in [-0.4, -0.2) is 27.3 Å². The molecule has 1 unspecified atom stereocenters. The molecule has 0 aliphatic heterocycles. The Bertz CT molecular complexity index is 661. The van der Waals surface area contributed by atoms with Crippen LogP contribution in [0.2, 0.25) is 0 Å². The van der Waals surface area contributed by atoms with Crippen LogP contribution in [0.15, 0.2) is 30.6 Å². The molecule has 6 heteroatoms. The highest BCUT2D eigenvalue weighted by Crippen LogP contribution is 2.40. The lowest BCUT2D eigenvalue weighted by Gasteiger charge is -2.18. The maximum Gasteiger partial charge on any atom is 0.251 e. The topological polar surface area (TPSA) is 69.0 Å². The number of amides is 1. The number of hydrogen-bond acceptors (Lipinski definition) is 4. The van der Waals surface area contributed by atoms with Gasteiger partial charge in [-0.3, -0.25) is 4.79 Å². The van der Waals surface area contributed by atoms with Crippen molar-refractivity contribution in [2.24, 2.45) is 5.92 Å². The van der Waals surface area contributed by atoms with Crippen LogP contribution in [0.1, 0.15) is 48.9 Å². The molecule has 1 amide bonds. The number of nitrogens with zero attached hydrogens (tertiary/aromatic N) is 3. The van der Waals surface area contributed by atoms with Crippen molar-refractivity contribution in [1.29, 1.82) is 0 Å². The molecule has 3 rings (SSSR count). The molecule has 1 heterocycles. The zero-order chi connectivity index (χ0) is 16.2. The lowest BCUT2D eigenvalue weighted by atomic mass is 10.1. The van der Waals surface area contributed by atoms with Gasteiger partial charge in [0.05, 0.1) is 12.6 Å². The fourth-order valence-corrected chi connectivity index (χ4v) is 2.67. The quantitative estimate of drug-likeness (QED) is 0.853. The molecular weight excluding hydrogens is 292 g/mol. The van der Waals surface area contributed by atoms with Crippen molar-refractivity contribution in [2.75, 3.05) is 6.61 Å². The molecule has 1 aliphatic rings. The van der Waals surface area contributed by atoms with Gasteiger partial charge in [0.15, 0.2) is 0 Å². The Kier molecular flexibility index (Phi) is 4.60. The number of nitrogens with one attached hydrogen (secondary N) is 1. The van der Waals surface area contributed by atoms with Gasteiger partial charge in [-0.15, -0.1) is 0 Å². The van der Waals surface area contributed by atoms with Crippen molar-refractivity contribution in [3.63, 3.8) is 0 Å². The van der Waals surface area contributed by atoms with Crippen LogP contribution in [0.25, 0.3) is 0 Å². The number of aryl methyl sites for hydroxylation is 1. The van der Waals surface area contributed by atoms with Gasteiger partial charge in [-0.1, -0.05) is 0 Å². The van der Waals surface area contributed by atoms with Crippen molar-refractivity contribution in [1.82, 2.24) is 20.1 Å². The fourth-order valence-electron chi connectivity index (χ4n) is 2.67. The number of rotatable bonds is 7. The summed E-state index contributed by atoms with van der Waals surface area (Å²) in [4.78, 5) is 16.9. The third-order valence-corrected chi connectivity index (χ3v) is 4.03. The van der Waals surface area contributed by atoms with E-state index in [2.05, 4.69) is 15.4 Å². The summed E-state index contributed by atoms with van der Waals surface area (Å²) in [5, 5.41) is 7.34. The Morgan fingerprint density at radius 2 is 2.09 bits per heavy atom. The van der Waals surface area contributed by atoms with Crippen molar-refractivity contribution in [3.05, 3.63) is 42.0 Å².